The summed E-state index contributed by atoms with van der Waals surface area (Å²) in [6.07, 6.45) is 2.20. The number of aliphatic hydroxyl groups excluding tert-OH is 1. The fourth-order valence-electron chi connectivity index (χ4n) is 2.53. The number of rotatable bonds is 4. The molecule has 0 aromatic heterocycles. The summed E-state index contributed by atoms with van der Waals surface area (Å²) in [4.78, 5) is 10.9. The summed E-state index contributed by atoms with van der Waals surface area (Å²) < 4.78 is 27.4. The van der Waals surface area contributed by atoms with E-state index in [1.807, 2.05) is 0 Å². The monoisotopic (exact) mass is 313 g/mol. The third-order valence-corrected chi connectivity index (χ3v) is 5.39. The molecule has 1 aromatic carbocycles. The summed E-state index contributed by atoms with van der Waals surface area (Å²) in [5.41, 5.74) is 0.392. The Bertz CT molecular complexity index is 641. The molecule has 1 fully saturated rings. The van der Waals surface area contributed by atoms with Crippen molar-refractivity contribution in [3.63, 3.8) is 0 Å². The summed E-state index contributed by atoms with van der Waals surface area (Å²) in [7, 11) is -3.85. The second-order valence-electron chi connectivity index (χ2n) is 5.37. The van der Waals surface area contributed by atoms with E-state index in [-0.39, 0.29) is 10.5 Å². The Balaban J connectivity index is 2.30. The number of aryl methyl sites for hydroxylation is 1. The number of hydrogen-bond donors (Lipinski definition) is 3. The maximum Gasteiger partial charge on any atom is 0.335 e. The molecule has 21 heavy (non-hydrogen) atoms. The minimum atomic E-state index is -3.85. The molecule has 7 heteroatoms. The zero-order chi connectivity index (χ0) is 15.6. The van der Waals surface area contributed by atoms with Crippen molar-refractivity contribution in [2.45, 2.75) is 49.6 Å². The lowest BCUT2D eigenvalue weighted by molar-refractivity contribution is 0.0696. The fourth-order valence-corrected chi connectivity index (χ4v) is 4.11. The van der Waals surface area contributed by atoms with Crippen LogP contribution < -0.4 is 4.72 Å². The van der Waals surface area contributed by atoms with Crippen LogP contribution >= 0.6 is 0 Å². The van der Waals surface area contributed by atoms with Gasteiger partial charge in [-0.25, -0.2) is 17.9 Å². The number of carboxylic acid groups (broad SMARTS) is 1. The topological polar surface area (TPSA) is 104 Å². The number of sulfonamides is 1. The Morgan fingerprint density at radius 2 is 1.95 bits per heavy atom. The summed E-state index contributed by atoms with van der Waals surface area (Å²) in [6.45, 7) is 1.61. The summed E-state index contributed by atoms with van der Waals surface area (Å²) >= 11 is 0. The van der Waals surface area contributed by atoms with Crippen LogP contribution in [0.3, 0.4) is 0 Å². The molecule has 2 atom stereocenters. The van der Waals surface area contributed by atoms with Gasteiger partial charge in [-0.2, -0.15) is 0 Å². The van der Waals surface area contributed by atoms with E-state index >= 15 is 0 Å². The Morgan fingerprint density at radius 1 is 1.29 bits per heavy atom. The highest BCUT2D eigenvalue weighted by molar-refractivity contribution is 7.89. The average Bonchev–Trinajstić information content (AvgIpc) is 2.41. The van der Waals surface area contributed by atoms with Gasteiger partial charge < -0.3 is 10.2 Å². The predicted octanol–water partition coefficient (Wildman–Crippen LogP) is 1.28. The number of nitrogens with one attached hydrogen (secondary N) is 1. The molecule has 3 N–H and O–H groups in total. The minimum Gasteiger partial charge on any atom is -0.478 e. The number of aliphatic hydroxyl groups is 1. The highest BCUT2D eigenvalue weighted by Gasteiger charge is 2.29. The number of hydrogen-bond acceptors (Lipinski definition) is 4. The van der Waals surface area contributed by atoms with E-state index in [0.29, 0.717) is 18.4 Å². The third-order valence-electron chi connectivity index (χ3n) is 3.76. The predicted molar refractivity (Wildman–Crippen MR) is 76.7 cm³/mol. The molecule has 0 bridgehead atoms. The van der Waals surface area contributed by atoms with E-state index in [1.165, 1.54) is 12.1 Å². The van der Waals surface area contributed by atoms with Gasteiger partial charge in [0.2, 0.25) is 10.0 Å². The second kappa shape index (κ2) is 6.13. The average molecular weight is 313 g/mol. The fraction of sp³-hybridized carbons (Fsp3) is 0.500. The first-order chi connectivity index (χ1) is 9.81. The highest BCUT2D eigenvalue weighted by Crippen LogP contribution is 2.22. The van der Waals surface area contributed by atoms with Crippen molar-refractivity contribution >= 4 is 16.0 Å². The van der Waals surface area contributed by atoms with Crippen LogP contribution in [0, 0.1) is 6.92 Å². The van der Waals surface area contributed by atoms with Gasteiger partial charge in [0, 0.05) is 6.04 Å². The van der Waals surface area contributed by atoms with Crippen molar-refractivity contribution < 1.29 is 23.4 Å². The first-order valence-corrected chi connectivity index (χ1v) is 8.34. The van der Waals surface area contributed by atoms with E-state index in [1.54, 1.807) is 6.92 Å². The van der Waals surface area contributed by atoms with Crippen LogP contribution in [-0.2, 0) is 10.0 Å². The van der Waals surface area contributed by atoms with Crippen molar-refractivity contribution in [2.24, 2.45) is 0 Å². The van der Waals surface area contributed by atoms with Crippen molar-refractivity contribution in [2.75, 3.05) is 0 Å². The quantitative estimate of drug-likeness (QED) is 0.776. The summed E-state index contributed by atoms with van der Waals surface area (Å²) in [5, 5.41) is 18.8. The molecule has 0 radical (unpaired) electrons. The van der Waals surface area contributed by atoms with Gasteiger partial charge in [0.25, 0.3) is 0 Å². The van der Waals surface area contributed by atoms with Gasteiger partial charge in [0.05, 0.1) is 16.6 Å². The maximum atomic E-state index is 12.4. The molecular formula is C14H19NO5S. The molecular weight excluding hydrogens is 294 g/mol. The van der Waals surface area contributed by atoms with Crippen molar-refractivity contribution in [1.82, 2.24) is 4.72 Å². The van der Waals surface area contributed by atoms with E-state index in [0.717, 1.165) is 18.9 Å². The van der Waals surface area contributed by atoms with Crippen LogP contribution in [0.15, 0.2) is 23.1 Å². The molecule has 2 unspecified atom stereocenters. The van der Waals surface area contributed by atoms with E-state index in [2.05, 4.69) is 4.72 Å². The molecule has 0 saturated heterocycles. The molecule has 1 aliphatic rings. The lowest BCUT2D eigenvalue weighted by Gasteiger charge is -2.28. The number of carbonyl (C=O) groups is 1. The largest absolute Gasteiger partial charge is 0.478 e. The van der Waals surface area contributed by atoms with Gasteiger partial charge in [-0.1, -0.05) is 18.9 Å². The van der Waals surface area contributed by atoms with E-state index in [4.69, 9.17) is 5.11 Å². The van der Waals surface area contributed by atoms with Gasteiger partial charge in [-0.15, -0.1) is 0 Å². The van der Waals surface area contributed by atoms with Crippen LogP contribution in [0.25, 0.3) is 0 Å². The zero-order valence-electron chi connectivity index (χ0n) is 11.7. The molecule has 1 aromatic rings. The Morgan fingerprint density at radius 3 is 2.57 bits per heavy atom. The van der Waals surface area contributed by atoms with Gasteiger partial charge in [0.1, 0.15) is 0 Å². The van der Waals surface area contributed by atoms with Crippen molar-refractivity contribution in [3.8, 4) is 0 Å². The third kappa shape index (κ3) is 3.61. The first-order valence-electron chi connectivity index (χ1n) is 6.85. The molecule has 0 aliphatic heterocycles. The highest BCUT2D eigenvalue weighted by atomic mass is 32.2. The van der Waals surface area contributed by atoms with Crippen LogP contribution in [-0.4, -0.2) is 36.7 Å². The van der Waals surface area contributed by atoms with Gasteiger partial charge in [-0.05, 0) is 37.5 Å². The van der Waals surface area contributed by atoms with Crippen molar-refractivity contribution in [3.05, 3.63) is 29.3 Å². The molecule has 0 spiro atoms. The smallest absolute Gasteiger partial charge is 0.335 e. The lowest BCUT2D eigenvalue weighted by Crippen LogP contribution is -2.45. The van der Waals surface area contributed by atoms with E-state index < -0.39 is 28.1 Å². The Hall–Kier alpha value is -1.44. The van der Waals surface area contributed by atoms with E-state index in [9.17, 15) is 18.3 Å². The number of carboxylic acids is 1. The summed E-state index contributed by atoms with van der Waals surface area (Å²) in [5.74, 6) is -1.18. The molecule has 0 heterocycles. The SMILES string of the molecule is Cc1ccc(C(=O)O)cc1S(=O)(=O)NC1CCCCC1O. The molecule has 1 aliphatic carbocycles. The van der Waals surface area contributed by atoms with Gasteiger partial charge in [-0.3, -0.25) is 0 Å². The second-order valence-corrected chi connectivity index (χ2v) is 7.05. The molecule has 1 saturated carbocycles. The van der Waals surface area contributed by atoms with Crippen LogP contribution in [0.1, 0.15) is 41.6 Å². The molecule has 0 amide bonds. The number of aromatic carboxylic acids is 1. The molecule has 2 rings (SSSR count). The first kappa shape index (κ1) is 15.9. The number of benzene rings is 1. The maximum absolute atomic E-state index is 12.4. The Kier molecular flexibility index (Phi) is 4.65. The summed E-state index contributed by atoms with van der Waals surface area (Å²) in [6, 6.07) is 3.47. The zero-order valence-corrected chi connectivity index (χ0v) is 12.6. The Labute approximate surface area is 123 Å². The molecule has 6 nitrogen and oxygen atoms in total. The van der Waals surface area contributed by atoms with Gasteiger partial charge in [0.15, 0.2) is 0 Å². The van der Waals surface area contributed by atoms with Crippen LogP contribution in [0.4, 0.5) is 0 Å². The van der Waals surface area contributed by atoms with Crippen LogP contribution in [0.2, 0.25) is 0 Å². The lowest BCUT2D eigenvalue weighted by atomic mass is 9.93. The van der Waals surface area contributed by atoms with Gasteiger partial charge >= 0.3 is 5.97 Å². The van der Waals surface area contributed by atoms with Crippen LogP contribution in [0.5, 0.6) is 0 Å². The minimum absolute atomic E-state index is 0.0554. The molecule has 116 valence electrons. The standard InChI is InChI=1S/C14H19NO5S/c1-9-6-7-10(14(17)18)8-13(9)21(19,20)15-11-4-2-3-5-12(11)16/h6-8,11-12,15-16H,2-5H2,1H3,(H,17,18). The van der Waals surface area contributed by atoms with Crippen molar-refractivity contribution in [1.29, 1.82) is 0 Å². The normalized spacial score (nSPS) is 23.0.